The maximum absolute atomic E-state index is 5.44. The van der Waals surface area contributed by atoms with Crippen LogP contribution in [0.3, 0.4) is 0 Å². The van der Waals surface area contributed by atoms with Gasteiger partial charge in [-0.25, -0.2) is 0 Å². The number of rotatable bonds is 7. The third-order valence-corrected chi connectivity index (χ3v) is 4.05. The fraction of sp³-hybridized carbons (Fsp3) is 0.923. The Morgan fingerprint density at radius 1 is 1.41 bits per heavy atom. The molecule has 0 radical (unpaired) electrons. The minimum Gasteiger partial charge on any atom is -0.381 e. The van der Waals surface area contributed by atoms with Crippen LogP contribution >= 0.6 is 11.8 Å². The first-order valence-electron chi connectivity index (χ1n) is 6.73. The predicted octanol–water partition coefficient (Wildman–Crippen LogP) is 3.05. The van der Waals surface area contributed by atoms with Crippen molar-refractivity contribution in [2.24, 2.45) is 4.99 Å². The number of hydrogen-bond donors (Lipinski definition) is 1. The van der Waals surface area contributed by atoms with Gasteiger partial charge in [-0.3, -0.25) is 4.99 Å². The number of hydrogen-bond acceptors (Lipinski definition) is 3. The molecule has 0 aliphatic carbocycles. The zero-order valence-electron chi connectivity index (χ0n) is 11.4. The van der Waals surface area contributed by atoms with Gasteiger partial charge >= 0.3 is 0 Å². The Kier molecular flexibility index (Phi) is 6.97. The first kappa shape index (κ1) is 14.8. The van der Waals surface area contributed by atoms with Crippen molar-refractivity contribution in [2.45, 2.75) is 52.0 Å². The summed E-state index contributed by atoms with van der Waals surface area (Å²) in [7, 11) is 0. The maximum Gasteiger partial charge on any atom is 0.156 e. The summed E-state index contributed by atoms with van der Waals surface area (Å²) in [5.41, 5.74) is 0.253. The van der Waals surface area contributed by atoms with Crippen molar-refractivity contribution in [2.75, 3.05) is 25.5 Å². The van der Waals surface area contributed by atoms with Crippen LogP contribution in [0.5, 0.6) is 0 Å². The molecule has 1 unspecified atom stereocenters. The van der Waals surface area contributed by atoms with E-state index in [1.165, 1.54) is 12.2 Å². The SMILES string of the molecule is CCCOCCCN=C1NC(C)(CC)CCS1. The molecule has 1 aliphatic heterocycles. The molecule has 0 aromatic carbocycles. The highest BCUT2D eigenvalue weighted by Crippen LogP contribution is 2.24. The maximum atomic E-state index is 5.44. The molecular weight excluding hydrogens is 232 g/mol. The van der Waals surface area contributed by atoms with Crippen LogP contribution in [-0.2, 0) is 4.74 Å². The first-order chi connectivity index (χ1) is 8.20. The van der Waals surface area contributed by atoms with Crippen molar-refractivity contribution in [1.29, 1.82) is 0 Å². The predicted molar refractivity (Wildman–Crippen MR) is 76.9 cm³/mol. The smallest absolute Gasteiger partial charge is 0.156 e. The molecule has 0 aromatic rings. The van der Waals surface area contributed by atoms with Gasteiger partial charge < -0.3 is 10.1 Å². The van der Waals surface area contributed by atoms with E-state index in [4.69, 9.17) is 4.74 Å². The number of ether oxygens (including phenoxy) is 1. The van der Waals surface area contributed by atoms with Gasteiger partial charge in [-0.05, 0) is 32.6 Å². The Morgan fingerprint density at radius 3 is 2.94 bits per heavy atom. The summed E-state index contributed by atoms with van der Waals surface area (Å²) in [6.45, 7) is 9.23. The molecule has 1 atom stereocenters. The summed E-state index contributed by atoms with van der Waals surface area (Å²) in [6, 6.07) is 0. The van der Waals surface area contributed by atoms with Crippen LogP contribution in [0.2, 0.25) is 0 Å². The molecule has 1 rings (SSSR count). The standard InChI is InChI=1S/C13H26N2OS/c1-4-9-16-10-6-8-14-12-15-13(3,5-2)7-11-17-12/h4-11H2,1-3H3,(H,14,15). The minimum absolute atomic E-state index is 0.253. The molecule has 1 N–H and O–H groups in total. The average Bonchev–Trinajstić information content (AvgIpc) is 2.34. The molecule has 4 heteroatoms. The molecule has 0 aromatic heterocycles. The summed E-state index contributed by atoms with van der Waals surface area (Å²) in [5.74, 6) is 1.18. The number of nitrogens with one attached hydrogen (secondary N) is 1. The average molecular weight is 258 g/mol. The first-order valence-corrected chi connectivity index (χ1v) is 7.72. The van der Waals surface area contributed by atoms with Crippen molar-refractivity contribution in [3.63, 3.8) is 0 Å². The van der Waals surface area contributed by atoms with Crippen LogP contribution in [0.1, 0.15) is 46.5 Å². The molecule has 1 fully saturated rings. The van der Waals surface area contributed by atoms with Crippen molar-refractivity contribution < 1.29 is 4.74 Å². The summed E-state index contributed by atoms with van der Waals surface area (Å²) in [6.07, 6.45) is 4.51. The molecule has 100 valence electrons. The molecule has 3 nitrogen and oxygen atoms in total. The summed E-state index contributed by atoms with van der Waals surface area (Å²) in [5, 5.41) is 4.68. The van der Waals surface area contributed by atoms with Crippen LogP contribution in [-0.4, -0.2) is 36.2 Å². The van der Waals surface area contributed by atoms with E-state index in [9.17, 15) is 0 Å². The van der Waals surface area contributed by atoms with E-state index in [0.717, 1.165) is 44.2 Å². The van der Waals surface area contributed by atoms with Crippen LogP contribution in [0, 0.1) is 0 Å². The lowest BCUT2D eigenvalue weighted by atomic mass is 9.96. The van der Waals surface area contributed by atoms with Gasteiger partial charge in [0.25, 0.3) is 0 Å². The van der Waals surface area contributed by atoms with Crippen molar-refractivity contribution in [3.05, 3.63) is 0 Å². The molecule has 0 spiro atoms. The molecule has 1 saturated heterocycles. The molecule has 1 heterocycles. The van der Waals surface area contributed by atoms with E-state index in [1.54, 1.807) is 0 Å². The van der Waals surface area contributed by atoms with E-state index >= 15 is 0 Å². The zero-order chi connectivity index (χ0) is 12.6. The summed E-state index contributed by atoms with van der Waals surface area (Å²) in [4.78, 5) is 4.61. The minimum atomic E-state index is 0.253. The fourth-order valence-corrected chi connectivity index (χ4v) is 2.92. The van der Waals surface area contributed by atoms with Crippen LogP contribution < -0.4 is 5.32 Å². The lowest BCUT2D eigenvalue weighted by molar-refractivity contribution is 0.134. The second-order valence-electron chi connectivity index (χ2n) is 4.79. The zero-order valence-corrected chi connectivity index (χ0v) is 12.2. The van der Waals surface area contributed by atoms with E-state index in [1.807, 2.05) is 11.8 Å². The van der Waals surface area contributed by atoms with Crippen LogP contribution in [0.25, 0.3) is 0 Å². The topological polar surface area (TPSA) is 33.6 Å². The highest BCUT2D eigenvalue weighted by Gasteiger charge is 2.27. The third kappa shape index (κ3) is 5.77. The highest BCUT2D eigenvalue weighted by atomic mass is 32.2. The van der Waals surface area contributed by atoms with Crippen molar-refractivity contribution >= 4 is 16.9 Å². The molecule has 0 saturated carbocycles. The molecule has 17 heavy (non-hydrogen) atoms. The highest BCUT2D eigenvalue weighted by molar-refractivity contribution is 8.13. The Labute approximate surface area is 110 Å². The lowest BCUT2D eigenvalue weighted by Crippen LogP contribution is -2.48. The lowest BCUT2D eigenvalue weighted by Gasteiger charge is -2.35. The van der Waals surface area contributed by atoms with Crippen molar-refractivity contribution in [1.82, 2.24) is 5.32 Å². The number of aliphatic imine (C=N–C) groups is 1. The molecule has 0 amide bonds. The van der Waals surface area contributed by atoms with Crippen LogP contribution in [0.15, 0.2) is 4.99 Å². The van der Waals surface area contributed by atoms with Gasteiger partial charge in [-0.15, -0.1) is 0 Å². The van der Waals surface area contributed by atoms with Gasteiger partial charge in [0, 0.05) is 31.1 Å². The summed E-state index contributed by atoms with van der Waals surface area (Å²) < 4.78 is 5.44. The van der Waals surface area contributed by atoms with Gasteiger partial charge in [0.2, 0.25) is 0 Å². The van der Waals surface area contributed by atoms with E-state index in [-0.39, 0.29) is 5.54 Å². The Morgan fingerprint density at radius 2 is 2.24 bits per heavy atom. The third-order valence-electron chi connectivity index (χ3n) is 3.13. The normalized spacial score (nSPS) is 27.1. The van der Waals surface area contributed by atoms with E-state index in [2.05, 4.69) is 31.1 Å². The quantitative estimate of drug-likeness (QED) is 0.713. The molecule has 0 bridgehead atoms. The van der Waals surface area contributed by atoms with E-state index in [0.29, 0.717) is 0 Å². The van der Waals surface area contributed by atoms with Gasteiger partial charge in [0.1, 0.15) is 0 Å². The molecule has 1 aliphatic rings. The molecular formula is C13H26N2OS. The van der Waals surface area contributed by atoms with Gasteiger partial charge in [-0.2, -0.15) is 0 Å². The van der Waals surface area contributed by atoms with Gasteiger partial charge in [0.05, 0.1) is 0 Å². The van der Waals surface area contributed by atoms with Crippen LogP contribution in [0.4, 0.5) is 0 Å². The van der Waals surface area contributed by atoms with Crippen molar-refractivity contribution in [3.8, 4) is 0 Å². The van der Waals surface area contributed by atoms with Gasteiger partial charge in [-0.1, -0.05) is 25.6 Å². The Hall–Kier alpha value is -0.220. The monoisotopic (exact) mass is 258 g/mol. The van der Waals surface area contributed by atoms with E-state index < -0.39 is 0 Å². The second-order valence-corrected chi connectivity index (χ2v) is 5.87. The fourth-order valence-electron chi connectivity index (χ4n) is 1.67. The number of thioether (sulfide) groups is 1. The Balaban J connectivity index is 2.20. The van der Waals surface area contributed by atoms with Gasteiger partial charge in [0.15, 0.2) is 5.17 Å². The summed E-state index contributed by atoms with van der Waals surface area (Å²) >= 11 is 1.85. The Bertz CT molecular complexity index is 246. The second kappa shape index (κ2) is 7.98. The number of amidine groups is 1. The number of nitrogens with zero attached hydrogens (tertiary/aromatic N) is 1. The largest absolute Gasteiger partial charge is 0.381 e.